The summed E-state index contributed by atoms with van der Waals surface area (Å²) in [5, 5.41) is 0. The van der Waals surface area contributed by atoms with Gasteiger partial charge in [-0.3, -0.25) is 0 Å². The molecule has 0 atom stereocenters. The van der Waals surface area contributed by atoms with Crippen LogP contribution >= 0.6 is 23.5 Å². The van der Waals surface area contributed by atoms with E-state index in [1.807, 2.05) is 23.5 Å². The number of hydrogen-bond acceptors (Lipinski definition) is 2. The first-order chi connectivity index (χ1) is 30.8. The van der Waals surface area contributed by atoms with Crippen LogP contribution in [0.15, 0.2) is 283 Å². The third kappa shape index (κ3) is 6.87. The summed E-state index contributed by atoms with van der Waals surface area (Å²) in [4.78, 5) is 4.84. The van der Waals surface area contributed by atoms with Gasteiger partial charge in [-0.1, -0.05) is 241 Å². The standard InChI is InChI=1S/C60H36S2/c1-5-21-41(22-6-1)57(42-23-7-2-8-24-42)59-51(39-37-45-47-29-13-17-33-53(47)61-54-34-18-14-30-48(45)54)52(60(59)58(43-25-9-3-10-26-43)44-27-11-4-12-28-44)40-38-46-49-31-15-19-35-55(49)62-56-36-20-16-32-50(46)56/h1-36H. The Balaban J connectivity index is 1.36. The monoisotopic (exact) mass is 820 g/mol. The molecule has 0 amide bonds. The van der Waals surface area contributed by atoms with Gasteiger partial charge in [0.15, 0.2) is 0 Å². The van der Waals surface area contributed by atoms with Crippen molar-refractivity contribution in [2.45, 2.75) is 19.6 Å². The van der Waals surface area contributed by atoms with E-state index in [0.29, 0.717) is 0 Å². The van der Waals surface area contributed by atoms with Gasteiger partial charge >= 0.3 is 0 Å². The van der Waals surface area contributed by atoms with E-state index in [1.165, 1.54) is 19.6 Å². The second-order valence-electron chi connectivity index (χ2n) is 15.2. The van der Waals surface area contributed by atoms with Crippen molar-refractivity contribution in [1.29, 1.82) is 0 Å². The van der Waals surface area contributed by atoms with E-state index in [1.54, 1.807) is 0 Å². The SMILES string of the molecule is C(=C=C1c2ccccc2Sc2ccccc21)=C1C(=C=C=C2c3ccccc3Sc3ccccc32)C(=C(c2ccccc2)c2ccccc2)C1=C(c1ccccc1)c1ccccc1. The van der Waals surface area contributed by atoms with Crippen LogP contribution in [-0.2, 0) is 0 Å². The van der Waals surface area contributed by atoms with Crippen LogP contribution in [0.1, 0.15) is 44.5 Å². The zero-order valence-corrected chi connectivity index (χ0v) is 35.2. The van der Waals surface area contributed by atoms with Gasteiger partial charge in [-0.25, -0.2) is 0 Å². The predicted molar refractivity (Wildman–Crippen MR) is 258 cm³/mol. The maximum Gasteiger partial charge on any atom is 0.0497 e. The van der Waals surface area contributed by atoms with E-state index < -0.39 is 0 Å². The van der Waals surface area contributed by atoms with Crippen molar-refractivity contribution in [3.05, 3.63) is 308 Å². The fraction of sp³-hybridized carbons (Fsp3) is 0. The zero-order chi connectivity index (χ0) is 41.2. The number of hydrogen-bond donors (Lipinski definition) is 0. The lowest BCUT2D eigenvalue weighted by atomic mass is 9.67. The molecule has 3 aliphatic rings. The Morgan fingerprint density at radius 1 is 0.242 bits per heavy atom. The molecule has 8 aromatic carbocycles. The lowest BCUT2D eigenvalue weighted by Crippen LogP contribution is -2.17. The predicted octanol–water partition coefficient (Wildman–Crippen LogP) is 15.6. The number of fused-ring (bicyclic) bond motifs is 4. The molecule has 0 saturated heterocycles. The van der Waals surface area contributed by atoms with Crippen molar-refractivity contribution in [2.24, 2.45) is 0 Å². The third-order valence-corrected chi connectivity index (χ3v) is 13.7. The van der Waals surface area contributed by atoms with Crippen molar-refractivity contribution in [3.63, 3.8) is 0 Å². The molecule has 8 aromatic rings. The first kappa shape index (κ1) is 37.5. The average molecular weight is 821 g/mol. The molecule has 0 spiro atoms. The smallest absolute Gasteiger partial charge is 0.0497 e. The maximum atomic E-state index is 3.88. The highest BCUT2D eigenvalue weighted by Gasteiger charge is 2.37. The number of rotatable bonds is 4. The van der Waals surface area contributed by atoms with Crippen molar-refractivity contribution in [1.82, 2.24) is 0 Å². The summed E-state index contributed by atoms with van der Waals surface area (Å²) in [7, 11) is 0. The highest BCUT2D eigenvalue weighted by atomic mass is 32.2. The normalized spacial score (nSPS) is 13.2. The fourth-order valence-corrected chi connectivity index (χ4v) is 10.8. The minimum atomic E-state index is 0.938. The van der Waals surface area contributed by atoms with Gasteiger partial charge in [-0.15, -0.1) is 0 Å². The molecule has 0 radical (unpaired) electrons. The van der Waals surface area contributed by atoms with E-state index in [-0.39, 0.29) is 0 Å². The fourth-order valence-electron chi connectivity index (χ4n) is 8.61. The van der Waals surface area contributed by atoms with Crippen LogP contribution in [0.4, 0.5) is 0 Å². The largest absolute Gasteiger partial charge is 0.0887 e. The summed E-state index contributed by atoms with van der Waals surface area (Å²) >= 11 is 3.62. The molecule has 0 aromatic heterocycles. The first-order valence-electron chi connectivity index (χ1n) is 20.8. The van der Waals surface area contributed by atoms with Gasteiger partial charge in [0.25, 0.3) is 0 Å². The van der Waals surface area contributed by atoms with Crippen LogP contribution in [0, 0.1) is 0 Å². The van der Waals surface area contributed by atoms with Crippen molar-refractivity contribution in [3.8, 4) is 0 Å². The van der Waals surface area contributed by atoms with Crippen LogP contribution in [-0.4, -0.2) is 0 Å². The minimum Gasteiger partial charge on any atom is -0.0887 e. The maximum absolute atomic E-state index is 3.88. The molecule has 11 rings (SSSR count). The van der Waals surface area contributed by atoms with Crippen molar-refractivity contribution in [2.75, 3.05) is 0 Å². The average Bonchev–Trinajstić information content (AvgIpc) is 3.34. The Bertz CT molecular complexity index is 2940. The quantitative estimate of drug-likeness (QED) is 0.162. The summed E-state index contributed by atoms with van der Waals surface area (Å²) in [6.45, 7) is 0. The van der Waals surface area contributed by atoms with Gasteiger partial charge in [-0.2, -0.15) is 0 Å². The molecule has 0 bridgehead atoms. The highest BCUT2D eigenvalue weighted by molar-refractivity contribution is 7.99. The molecule has 0 unspecified atom stereocenters. The van der Waals surface area contributed by atoms with Crippen LogP contribution in [0.5, 0.6) is 0 Å². The van der Waals surface area contributed by atoms with Gasteiger partial charge in [-0.05, 0) is 57.7 Å². The van der Waals surface area contributed by atoms with E-state index >= 15 is 0 Å². The van der Waals surface area contributed by atoms with E-state index in [0.717, 1.165) is 89.1 Å². The lowest BCUT2D eigenvalue weighted by Gasteiger charge is -2.33. The molecule has 1 aliphatic carbocycles. The third-order valence-electron chi connectivity index (χ3n) is 11.4. The number of benzene rings is 8. The van der Waals surface area contributed by atoms with E-state index in [2.05, 4.69) is 241 Å². The summed E-state index contributed by atoms with van der Waals surface area (Å²) in [5.41, 5.74) is 32.9. The number of allylic oxidation sites excluding steroid dienone is 4. The summed E-state index contributed by atoms with van der Waals surface area (Å²) in [5.74, 6) is 0. The van der Waals surface area contributed by atoms with Crippen LogP contribution in [0.2, 0.25) is 0 Å². The molecule has 0 nitrogen and oxygen atoms in total. The molecular weight excluding hydrogens is 785 g/mol. The van der Waals surface area contributed by atoms with Crippen molar-refractivity contribution >= 4 is 45.8 Å². The van der Waals surface area contributed by atoms with Gasteiger partial charge < -0.3 is 0 Å². The molecule has 288 valence electrons. The topological polar surface area (TPSA) is 0 Å². The summed E-state index contributed by atoms with van der Waals surface area (Å²) in [6, 6.07) is 77.6. The van der Waals surface area contributed by atoms with Crippen LogP contribution < -0.4 is 0 Å². The molecule has 2 heteroatoms. The van der Waals surface area contributed by atoms with Gasteiger partial charge in [0.2, 0.25) is 0 Å². The highest BCUT2D eigenvalue weighted by Crippen LogP contribution is 2.54. The minimum absolute atomic E-state index is 0.938. The molecule has 0 N–H and O–H groups in total. The Morgan fingerprint density at radius 2 is 0.468 bits per heavy atom. The Labute approximate surface area is 371 Å². The second-order valence-corrected chi connectivity index (χ2v) is 17.3. The Kier molecular flexibility index (Phi) is 10.0. The summed E-state index contributed by atoms with van der Waals surface area (Å²) < 4.78 is 0. The molecule has 2 aliphatic heterocycles. The Hall–Kier alpha value is -7.46. The molecule has 1 saturated carbocycles. The van der Waals surface area contributed by atoms with Crippen molar-refractivity contribution < 1.29 is 0 Å². The molecular formula is C60H36S2. The zero-order valence-electron chi connectivity index (χ0n) is 33.6. The van der Waals surface area contributed by atoms with Crippen LogP contribution in [0.25, 0.3) is 22.3 Å². The van der Waals surface area contributed by atoms with Gasteiger partial charge in [0.05, 0.1) is 0 Å². The lowest BCUT2D eigenvalue weighted by molar-refractivity contribution is 1.24. The first-order valence-corrected chi connectivity index (χ1v) is 22.4. The molecule has 62 heavy (non-hydrogen) atoms. The Morgan fingerprint density at radius 3 is 0.742 bits per heavy atom. The molecule has 1 fully saturated rings. The van der Waals surface area contributed by atoms with Gasteiger partial charge in [0.1, 0.15) is 0 Å². The second kappa shape index (κ2) is 16.5. The van der Waals surface area contributed by atoms with Gasteiger partial charge in [0, 0.05) is 75.3 Å². The van der Waals surface area contributed by atoms with E-state index in [9.17, 15) is 0 Å². The van der Waals surface area contributed by atoms with E-state index in [4.69, 9.17) is 0 Å². The molecule has 2 heterocycles. The summed E-state index contributed by atoms with van der Waals surface area (Å²) in [6.07, 6.45) is 0. The van der Waals surface area contributed by atoms with Crippen LogP contribution in [0.3, 0.4) is 0 Å².